The van der Waals surface area contributed by atoms with E-state index in [0.29, 0.717) is 0 Å². The highest BCUT2D eigenvalue weighted by Gasteiger charge is 2.82. The molecule has 1 rings (SSSR count). The highest BCUT2D eigenvalue weighted by molar-refractivity contribution is 6.17. The van der Waals surface area contributed by atoms with Crippen LogP contribution in [0.1, 0.15) is 13.8 Å². The van der Waals surface area contributed by atoms with Crippen molar-refractivity contribution < 1.29 is 23.4 Å². The number of carboxylic acid groups (broad SMARTS) is 1. The van der Waals surface area contributed by atoms with Crippen LogP contribution in [-0.2, 0) is 9.53 Å². The molecule has 1 aliphatic carbocycles. The van der Waals surface area contributed by atoms with Crippen molar-refractivity contribution in [2.24, 2.45) is 16.7 Å². The molecule has 1 saturated carbocycles. The normalized spacial score (nSPS) is 32.2. The number of alkyl halides is 3. The number of aliphatic carboxylic acids is 1. The number of halogens is 3. The summed E-state index contributed by atoms with van der Waals surface area (Å²) in [6.45, 7) is 6.22. The van der Waals surface area contributed by atoms with E-state index >= 15 is 0 Å². The average molecular weight is 255 g/mol. The first kappa shape index (κ1) is 13.4. The summed E-state index contributed by atoms with van der Waals surface area (Å²) in [6.07, 6.45) is -2.52. The second-order valence-corrected chi connectivity index (χ2v) is 4.57. The fourth-order valence-electron chi connectivity index (χ4n) is 2.51. The second-order valence-electron chi connectivity index (χ2n) is 4.35. The zero-order chi connectivity index (χ0) is 12.8. The minimum atomic E-state index is -3.57. The molecule has 92 valence electrons. The van der Waals surface area contributed by atoms with Gasteiger partial charge in [-0.25, -0.2) is 0 Å². The van der Waals surface area contributed by atoms with E-state index in [9.17, 15) is 13.6 Å². The Bertz CT molecular complexity index is 330. The van der Waals surface area contributed by atoms with Gasteiger partial charge < -0.3 is 9.84 Å². The van der Waals surface area contributed by atoms with Crippen LogP contribution in [-0.4, -0.2) is 23.3 Å². The van der Waals surface area contributed by atoms with Gasteiger partial charge in [0.25, 0.3) is 0 Å². The lowest BCUT2D eigenvalue weighted by Crippen LogP contribution is -2.29. The summed E-state index contributed by atoms with van der Waals surface area (Å²) in [4.78, 5) is 11.1. The Balaban J connectivity index is 3.10. The number of carboxylic acids is 1. The smallest absolute Gasteiger partial charge is 0.361 e. The molecule has 1 fully saturated rings. The molecular formula is C10H13ClF2O3. The van der Waals surface area contributed by atoms with Gasteiger partial charge in [-0.15, -0.1) is 6.58 Å². The fraction of sp³-hybridized carbons (Fsp3) is 0.700. The van der Waals surface area contributed by atoms with Gasteiger partial charge in [0.05, 0.1) is 5.92 Å². The van der Waals surface area contributed by atoms with Crippen LogP contribution in [0, 0.1) is 16.7 Å². The highest BCUT2D eigenvalue weighted by atomic mass is 35.5. The predicted octanol–water partition coefficient (Wildman–Crippen LogP) is 2.71. The quantitative estimate of drug-likeness (QED) is 0.606. The zero-order valence-corrected chi connectivity index (χ0v) is 9.72. The van der Waals surface area contributed by atoms with Crippen LogP contribution in [0.5, 0.6) is 0 Å². The molecule has 0 spiro atoms. The summed E-state index contributed by atoms with van der Waals surface area (Å²) in [5.74, 6) is -2.78. The summed E-state index contributed by atoms with van der Waals surface area (Å²) < 4.78 is 31.2. The minimum Gasteiger partial charge on any atom is -0.481 e. The van der Waals surface area contributed by atoms with Gasteiger partial charge in [-0.05, 0) is 5.41 Å². The molecule has 1 aliphatic rings. The van der Waals surface area contributed by atoms with E-state index in [1.807, 2.05) is 0 Å². The van der Waals surface area contributed by atoms with Crippen molar-refractivity contribution in [3.8, 4) is 0 Å². The molecular weight excluding hydrogens is 242 g/mol. The first-order valence-corrected chi connectivity index (χ1v) is 5.16. The molecule has 2 unspecified atom stereocenters. The molecule has 1 N–H and O–H groups in total. The SMILES string of the molecule is C=CC1(C(=O)O)C(C(F)(F)OCCl)C1(C)C. The molecule has 3 nitrogen and oxygen atoms in total. The third-order valence-corrected chi connectivity index (χ3v) is 3.53. The van der Waals surface area contributed by atoms with E-state index in [1.165, 1.54) is 13.8 Å². The summed E-state index contributed by atoms with van der Waals surface area (Å²) >= 11 is 5.09. The molecule has 0 heterocycles. The largest absolute Gasteiger partial charge is 0.481 e. The van der Waals surface area contributed by atoms with Gasteiger partial charge in [-0.3, -0.25) is 4.79 Å². The van der Waals surface area contributed by atoms with Crippen molar-refractivity contribution in [1.82, 2.24) is 0 Å². The molecule has 2 atom stereocenters. The van der Waals surface area contributed by atoms with Crippen LogP contribution in [0.2, 0.25) is 0 Å². The monoisotopic (exact) mass is 254 g/mol. The molecule has 0 aromatic heterocycles. The third-order valence-electron chi connectivity index (χ3n) is 3.42. The van der Waals surface area contributed by atoms with Crippen molar-refractivity contribution in [3.63, 3.8) is 0 Å². The van der Waals surface area contributed by atoms with Crippen LogP contribution in [0.25, 0.3) is 0 Å². The van der Waals surface area contributed by atoms with Crippen molar-refractivity contribution >= 4 is 17.6 Å². The fourth-order valence-corrected chi connectivity index (χ4v) is 2.65. The third kappa shape index (κ3) is 1.45. The van der Waals surface area contributed by atoms with E-state index in [1.54, 1.807) is 0 Å². The molecule has 0 aromatic rings. The van der Waals surface area contributed by atoms with E-state index < -0.39 is 34.9 Å². The van der Waals surface area contributed by atoms with Gasteiger partial charge >= 0.3 is 12.1 Å². The number of carbonyl (C=O) groups is 1. The average Bonchev–Trinajstić information content (AvgIpc) is 2.64. The first-order valence-electron chi connectivity index (χ1n) is 4.63. The van der Waals surface area contributed by atoms with E-state index in [0.717, 1.165) is 6.08 Å². The van der Waals surface area contributed by atoms with Gasteiger partial charge in [0.2, 0.25) is 0 Å². The molecule has 6 heteroatoms. The maximum atomic E-state index is 13.5. The van der Waals surface area contributed by atoms with Crippen LogP contribution < -0.4 is 0 Å². The Kier molecular flexibility index (Phi) is 3.07. The van der Waals surface area contributed by atoms with Crippen LogP contribution in [0.3, 0.4) is 0 Å². The number of rotatable bonds is 5. The Morgan fingerprint density at radius 1 is 1.69 bits per heavy atom. The van der Waals surface area contributed by atoms with Crippen LogP contribution >= 0.6 is 11.6 Å². The maximum Gasteiger partial charge on any atom is 0.361 e. The predicted molar refractivity (Wildman–Crippen MR) is 54.3 cm³/mol. The Hall–Kier alpha value is -0.680. The van der Waals surface area contributed by atoms with Crippen LogP contribution in [0.4, 0.5) is 8.78 Å². The van der Waals surface area contributed by atoms with Gasteiger partial charge in [-0.1, -0.05) is 31.5 Å². The van der Waals surface area contributed by atoms with E-state index in [4.69, 9.17) is 16.7 Å². The summed E-state index contributed by atoms with van der Waals surface area (Å²) in [7, 11) is 0. The second kappa shape index (κ2) is 3.67. The number of hydrogen-bond donors (Lipinski definition) is 1. The highest BCUT2D eigenvalue weighted by Crippen LogP contribution is 2.74. The molecule has 0 amide bonds. The molecule has 0 radical (unpaired) electrons. The van der Waals surface area contributed by atoms with E-state index in [2.05, 4.69) is 11.3 Å². The number of hydrogen-bond acceptors (Lipinski definition) is 2. The van der Waals surface area contributed by atoms with E-state index in [-0.39, 0.29) is 0 Å². The molecule has 0 bridgehead atoms. The minimum absolute atomic E-state index is 0.688. The van der Waals surface area contributed by atoms with Crippen molar-refractivity contribution in [3.05, 3.63) is 12.7 Å². The lowest BCUT2D eigenvalue weighted by atomic mass is 9.96. The van der Waals surface area contributed by atoms with Gasteiger partial charge in [0.15, 0.2) is 0 Å². The Morgan fingerprint density at radius 2 is 2.19 bits per heavy atom. The molecule has 0 aliphatic heterocycles. The van der Waals surface area contributed by atoms with Gasteiger partial charge in [-0.2, -0.15) is 8.78 Å². The van der Waals surface area contributed by atoms with Gasteiger partial charge in [0, 0.05) is 0 Å². The Labute approximate surface area is 97.0 Å². The van der Waals surface area contributed by atoms with Crippen LogP contribution in [0.15, 0.2) is 12.7 Å². The lowest BCUT2D eigenvalue weighted by molar-refractivity contribution is -0.251. The molecule has 16 heavy (non-hydrogen) atoms. The zero-order valence-electron chi connectivity index (χ0n) is 8.97. The van der Waals surface area contributed by atoms with Crippen molar-refractivity contribution in [2.75, 3.05) is 6.07 Å². The maximum absolute atomic E-state index is 13.5. The Morgan fingerprint density at radius 3 is 2.44 bits per heavy atom. The summed E-state index contributed by atoms with van der Waals surface area (Å²) in [5, 5.41) is 9.05. The molecule has 0 aromatic carbocycles. The van der Waals surface area contributed by atoms with Crippen molar-refractivity contribution in [2.45, 2.75) is 20.0 Å². The topological polar surface area (TPSA) is 46.5 Å². The van der Waals surface area contributed by atoms with Gasteiger partial charge in [0.1, 0.15) is 11.5 Å². The summed E-state index contributed by atoms with van der Waals surface area (Å²) in [6, 6.07) is -0.688. The number of ether oxygens (including phenoxy) is 1. The van der Waals surface area contributed by atoms with Crippen molar-refractivity contribution in [1.29, 1.82) is 0 Å². The first-order chi connectivity index (χ1) is 7.18. The summed E-state index contributed by atoms with van der Waals surface area (Å²) in [5.41, 5.74) is -2.78. The molecule has 0 saturated heterocycles. The standard InChI is InChI=1S/C10H13ClF2O3/c1-4-9(7(14)15)6(8(9,2)3)10(12,13)16-5-11/h4,6H,1,5H2,2-3H3,(H,14,15). The lowest BCUT2D eigenvalue weighted by Gasteiger charge is -2.17.